The van der Waals surface area contributed by atoms with Gasteiger partial charge >= 0.3 is 0 Å². The first-order valence-electron chi connectivity index (χ1n) is 6.35. The maximum Gasteiger partial charge on any atom is 0.251 e. The summed E-state index contributed by atoms with van der Waals surface area (Å²) < 4.78 is 5.12. The molecule has 2 rings (SSSR count). The van der Waals surface area contributed by atoms with Crippen LogP contribution in [0.4, 0.5) is 0 Å². The van der Waals surface area contributed by atoms with E-state index >= 15 is 0 Å². The molecule has 1 heterocycles. The highest BCUT2D eigenvalue weighted by Crippen LogP contribution is 2.18. The summed E-state index contributed by atoms with van der Waals surface area (Å²) >= 11 is 0. The number of benzene rings is 1. The highest BCUT2D eigenvalue weighted by Gasteiger charge is 2.17. The number of hydrogen-bond acceptors (Lipinski definition) is 3. The SMILES string of the molecule is COC(C)CNC(=O)c1cccc2c1CCNC2. The van der Waals surface area contributed by atoms with Crippen molar-refractivity contribution in [3.8, 4) is 0 Å². The Morgan fingerprint density at radius 2 is 2.39 bits per heavy atom. The number of hydrogen-bond donors (Lipinski definition) is 2. The summed E-state index contributed by atoms with van der Waals surface area (Å²) in [6.45, 7) is 4.26. The zero-order chi connectivity index (χ0) is 13.0. The molecule has 1 aromatic carbocycles. The molecule has 0 spiro atoms. The highest BCUT2D eigenvalue weighted by molar-refractivity contribution is 5.96. The Balaban J connectivity index is 2.10. The predicted octanol–water partition coefficient (Wildman–Crippen LogP) is 1.10. The number of carbonyl (C=O) groups is 1. The first-order valence-corrected chi connectivity index (χ1v) is 6.35. The maximum atomic E-state index is 12.1. The molecule has 1 aliphatic heterocycles. The van der Waals surface area contributed by atoms with E-state index in [0.29, 0.717) is 6.54 Å². The van der Waals surface area contributed by atoms with Crippen molar-refractivity contribution in [2.45, 2.75) is 26.0 Å². The molecule has 4 heteroatoms. The second-order valence-electron chi connectivity index (χ2n) is 4.63. The summed E-state index contributed by atoms with van der Waals surface area (Å²) in [4.78, 5) is 12.1. The molecule has 98 valence electrons. The lowest BCUT2D eigenvalue weighted by atomic mass is 9.95. The fraction of sp³-hybridized carbons (Fsp3) is 0.500. The molecule has 1 unspecified atom stereocenters. The molecule has 1 atom stereocenters. The van der Waals surface area contributed by atoms with E-state index in [4.69, 9.17) is 4.74 Å². The standard InChI is InChI=1S/C14H20N2O2/c1-10(18-2)8-16-14(17)13-5-3-4-11-9-15-7-6-12(11)13/h3-5,10,15H,6-9H2,1-2H3,(H,16,17). The molecular formula is C14H20N2O2. The number of nitrogens with one attached hydrogen (secondary N) is 2. The van der Waals surface area contributed by atoms with Crippen LogP contribution >= 0.6 is 0 Å². The summed E-state index contributed by atoms with van der Waals surface area (Å²) in [6.07, 6.45) is 0.953. The summed E-state index contributed by atoms with van der Waals surface area (Å²) in [5.41, 5.74) is 3.21. The molecule has 0 fully saturated rings. The average molecular weight is 248 g/mol. The van der Waals surface area contributed by atoms with E-state index in [1.807, 2.05) is 19.1 Å². The minimum Gasteiger partial charge on any atom is -0.380 e. The van der Waals surface area contributed by atoms with Gasteiger partial charge < -0.3 is 15.4 Å². The van der Waals surface area contributed by atoms with Crippen LogP contribution in [-0.4, -0.2) is 32.2 Å². The van der Waals surface area contributed by atoms with E-state index in [0.717, 1.165) is 25.1 Å². The van der Waals surface area contributed by atoms with E-state index < -0.39 is 0 Å². The Kier molecular flexibility index (Phi) is 4.33. The van der Waals surface area contributed by atoms with Crippen LogP contribution in [0.1, 0.15) is 28.4 Å². The second kappa shape index (κ2) is 5.98. The van der Waals surface area contributed by atoms with E-state index in [1.54, 1.807) is 7.11 Å². The molecule has 4 nitrogen and oxygen atoms in total. The van der Waals surface area contributed by atoms with Crippen LogP contribution in [0.25, 0.3) is 0 Å². The molecule has 18 heavy (non-hydrogen) atoms. The first-order chi connectivity index (χ1) is 8.72. The van der Waals surface area contributed by atoms with Gasteiger partial charge in [0, 0.05) is 25.8 Å². The summed E-state index contributed by atoms with van der Waals surface area (Å²) in [5.74, 6) is -0.00218. The van der Waals surface area contributed by atoms with Gasteiger partial charge in [-0.05, 0) is 37.1 Å². The second-order valence-corrected chi connectivity index (χ2v) is 4.63. The largest absolute Gasteiger partial charge is 0.380 e. The van der Waals surface area contributed by atoms with Gasteiger partial charge in [-0.25, -0.2) is 0 Å². The Bertz CT molecular complexity index is 432. The van der Waals surface area contributed by atoms with Gasteiger partial charge in [-0.2, -0.15) is 0 Å². The molecule has 1 amide bonds. The summed E-state index contributed by atoms with van der Waals surface area (Å²) in [6, 6.07) is 5.92. The van der Waals surface area contributed by atoms with Gasteiger partial charge in [0.05, 0.1) is 6.10 Å². The fourth-order valence-corrected chi connectivity index (χ4v) is 2.16. The zero-order valence-electron chi connectivity index (χ0n) is 11.0. The van der Waals surface area contributed by atoms with Crippen molar-refractivity contribution in [1.29, 1.82) is 0 Å². The summed E-state index contributed by atoms with van der Waals surface area (Å²) in [7, 11) is 1.65. The van der Waals surface area contributed by atoms with Gasteiger partial charge in [0.25, 0.3) is 5.91 Å². The van der Waals surface area contributed by atoms with Gasteiger partial charge in [-0.3, -0.25) is 4.79 Å². The maximum absolute atomic E-state index is 12.1. The van der Waals surface area contributed by atoms with Gasteiger partial charge in [-0.15, -0.1) is 0 Å². The van der Waals surface area contributed by atoms with Gasteiger partial charge in [0.1, 0.15) is 0 Å². The van der Waals surface area contributed by atoms with Crippen LogP contribution < -0.4 is 10.6 Å². The quantitative estimate of drug-likeness (QED) is 0.839. The van der Waals surface area contributed by atoms with E-state index in [1.165, 1.54) is 11.1 Å². The normalized spacial score (nSPS) is 15.9. The molecule has 0 saturated heterocycles. The first kappa shape index (κ1) is 13.1. The van der Waals surface area contributed by atoms with Crippen molar-refractivity contribution in [2.24, 2.45) is 0 Å². The Morgan fingerprint density at radius 3 is 3.17 bits per heavy atom. The van der Waals surface area contributed by atoms with Crippen LogP contribution in [0.15, 0.2) is 18.2 Å². The molecule has 2 N–H and O–H groups in total. The monoisotopic (exact) mass is 248 g/mol. The number of rotatable bonds is 4. The number of methoxy groups -OCH3 is 1. The molecular weight excluding hydrogens is 228 g/mol. The molecule has 1 aliphatic rings. The van der Waals surface area contributed by atoms with Crippen LogP contribution in [0.2, 0.25) is 0 Å². The number of fused-ring (bicyclic) bond motifs is 1. The number of ether oxygens (including phenoxy) is 1. The highest BCUT2D eigenvalue weighted by atomic mass is 16.5. The van der Waals surface area contributed by atoms with Crippen molar-refractivity contribution >= 4 is 5.91 Å². The fourth-order valence-electron chi connectivity index (χ4n) is 2.16. The Hall–Kier alpha value is -1.39. The third-order valence-electron chi connectivity index (χ3n) is 3.34. The zero-order valence-corrected chi connectivity index (χ0v) is 11.0. The minimum atomic E-state index is -0.00218. The van der Waals surface area contributed by atoms with Crippen molar-refractivity contribution < 1.29 is 9.53 Å². The van der Waals surface area contributed by atoms with Gasteiger partial charge in [0.2, 0.25) is 0 Å². The third kappa shape index (κ3) is 2.89. The van der Waals surface area contributed by atoms with Crippen LogP contribution in [0.3, 0.4) is 0 Å². The molecule has 0 radical (unpaired) electrons. The lowest BCUT2D eigenvalue weighted by molar-refractivity contribution is 0.0869. The van der Waals surface area contributed by atoms with Crippen molar-refractivity contribution in [2.75, 3.05) is 20.2 Å². The number of carbonyl (C=O) groups excluding carboxylic acids is 1. The van der Waals surface area contributed by atoms with Crippen LogP contribution in [-0.2, 0) is 17.7 Å². The van der Waals surface area contributed by atoms with Crippen molar-refractivity contribution in [3.05, 3.63) is 34.9 Å². The Labute approximate surface area is 108 Å². The van der Waals surface area contributed by atoms with Crippen LogP contribution in [0.5, 0.6) is 0 Å². The van der Waals surface area contributed by atoms with Gasteiger partial charge in [0.15, 0.2) is 0 Å². The molecule has 0 bridgehead atoms. The van der Waals surface area contributed by atoms with Gasteiger partial charge in [-0.1, -0.05) is 12.1 Å². The Morgan fingerprint density at radius 1 is 1.56 bits per heavy atom. The molecule has 0 aliphatic carbocycles. The molecule has 0 saturated carbocycles. The molecule has 1 aromatic rings. The summed E-state index contributed by atoms with van der Waals surface area (Å²) in [5, 5.41) is 6.23. The van der Waals surface area contributed by atoms with Crippen molar-refractivity contribution in [1.82, 2.24) is 10.6 Å². The topological polar surface area (TPSA) is 50.4 Å². The van der Waals surface area contributed by atoms with Crippen LogP contribution in [0, 0.1) is 0 Å². The van der Waals surface area contributed by atoms with E-state index in [-0.39, 0.29) is 12.0 Å². The number of amides is 1. The minimum absolute atomic E-state index is 0.00218. The van der Waals surface area contributed by atoms with E-state index in [2.05, 4.69) is 16.7 Å². The van der Waals surface area contributed by atoms with E-state index in [9.17, 15) is 4.79 Å². The van der Waals surface area contributed by atoms with Crippen molar-refractivity contribution in [3.63, 3.8) is 0 Å². The average Bonchev–Trinajstić information content (AvgIpc) is 2.43. The lowest BCUT2D eigenvalue weighted by Crippen LogP contribution is -2.33. The smallest absolute Gasteiger partial charge is 0.251 e. The lowest BCUT2D eigenvalue weighted by Gasteiger charge is -2.20. The third-order valence-corrected chi connectivity index (χ3v) is 3.34. The predicted molar refractivity (Wildman–Crippen MR) is 70.7 cm³/mol. The molecule has 0 aromatic heterocycles.